The van der Waals surface area contributed by atoms with Gasteiger partial charge in [0.25, 0.3) is 0 Å². The molecule has 34 heavy (non-hydrogen) atoms. The number of hydrogen-bond donors (Lipinski definition) is 1. The zero-order valence-electron chi connectivity index (χ0n) is 19.8. The van der Waals surface area contributed by atoms with Crippen LogP contribution in [0.2, 0.25) is 0 Å². The molecule has 0 spiro atoms. The number of fused-ring (bicyclic) bond motifs is 1. The van der Waals surface area contributed by atoms with Crippen LogP contribution < -0.4 is 20.8 Å². The van der Waals surface area contributed by atoms with Crippen molar-refractivity contribution in [2.45, 2.75) is 31.4 Å². The fourth-order valence-electron chi connectivity index (χ4n) is 4.46. The van der Waals surface area contributed by atoms with Crippen LogP contribution in [0.4, 0.5) is 10.1 Å². The maximum absolute atomic E-state index is 15.1. The SMILES string of the molecule is C[N+](C)(C)CC(CC(=O)[O-])OC(=O)c1cn(C2CC2)c2cc(N3CCNCC3)c(F)cc2c1=O. The standard InChI is InChI=1S/C24H31FN4O5/c1-29(2,3)14-16(10-22(30)31)34-24(33)18-13-28(15-4-5-15)20-12-21(27-8-6-26-7-9-27)19(25)11-17(20)23(18)32/h11-13,15-16,26H,4-10,14H2,1-3H3. The minimum Gasteiger partial charge on any atom is -0.550 e. The molecule has 2 heterocycles. The fourth-order valence-corrected chi connectivity index (χ4v) is 4.46. The number of nitrogens with zero attached hydrogens (tertiary/aromatic N) is 3. The second kappa shape index (κ2) is 9.34. The Hall–Kier alpha value is -2.98. The monoisotopic (exact) mass is 474 g/mol. The van der Waals surface area contributed by atoms with Crippen molar-refractivity contribution < 1.29 is 28.3 Å². The van der Waals surface area contributed by atoms with Gasteiger partial charge in [-0.1, -0.05) is 0 Å². The van der Waals surface area contributed by atoms with Crippen molar-refractivity contribution >= 4 is 28.5 Å². The Bertz CT molecular complexity index is 1160. The van der Waals surface area contributed by atoms with Crippen molar-refractivity contribution in [2.24, 2.45) is 0 Å². The molecule has 0 amide bonds. The highest BCUT2D eigenvalue weighted by Gasteiger charge is 2.30. The first-order chi connectivity index (χ1) is 16.0. The highest BCUT2D eigenvalue weighted by Crippen LogP contribution is 2.38. The van der Waals surface area contributed by atoms with Gasteiger partial charge in [0.15, 0.2) is 6.10 Å². The third kappa shape index (κ3) is 5.39. The van der Waals surface area contributed by atoms with Crippen molar-refractivity contribution in [2.75, 3.05) is 58.8 Å². The lowest BCUT2D eigenvalue weighted by molar-refractivity contribution is -0.873. The molecule has 1 N–H and O–H groups in total. The van der Waals surface area contributed by atoms with Gasteiger partial charge in [0.2, 0.25) is 5.43 Å². The molecule has 1 atom stereocenters. The quantitative estimate of drug-likeness (QED) is 0.432. The second-order valence-corrected chi connectivity index (χ2v) is 10.1. The summed E-state index contributed by atoms with van der Waals surface area (Å²) >= 11 is 0. The minimum absolute atomic E-state index is 0.112. The topological polar surface area (TPSA) is 104 Å². The van der Waals surface area contributed by atoms with E-state index in [4.69, 9.17) is 4.74 Å². The maximum Gasteiger partial charge on any atom is 0.344 e. The summed E-state index contributed by atoms with van der Waals surface area (Å²) < 4.78 is 22.8. The van der Waals surface area contributed by atoms with Crippen molar-refractivity contribution in [3.63, 3.8) is 0 Å². The summed E-state index contributed by atoms with van der Waals surface area (Å²) in [5, 5.41) is 14.5. The second-order valence-electron chi connectivity index (χ2n) is 10.1. The summed E-state index contributed by atoms with van der Waals surface area (Å²) in [5.41, 5.74) is 0.172. The summed E-state index contributed by atoms with van der Waals surface area (Å²) in [6, 6.07) is 3.01. The van der Waals surface area contributed by atoms with Crippen LogP contribution in [0.25, 0.3) is 10.9 Å². The normalized spacial score (nSPS) is 17.6. The summed E-state index contributed by atoms with van der Waals surface area (Å²) in [6.45, 7) is 3.04. The van der Waals surface area contributed by atoms with E-state index in [1.54, 1.807) is 6.07 Å². The van der Waals surface area contributed by atoms with Gasteiger partial charge in [-0.15, -0.1) is 0 Å². The van der Waals surface area contributed by atoms with E-state index in [1.807, 2.05) is 30.6 Å². The number of halogens is 1. The zero-order chi connectivity index (χ0) is 24.6. The van der Waals surface area contributed by atoms with Crippen LogP contribution in [0.15, 0.2) is 23.1 Å². The van der Waals surface area contributed by atoms with Gasteiger partial charge in [-0.3, -0.25) is 4.79 Å². The summed E-state index contributed by atoms with van der Waals surface area (Å²) in [5.74, 6) is -2.77. The number of quaternary nitrogens is 1. The lowest BCUT2D eigenvalue weighted by Crippen LogP contribution is -2.45. The molecular weight excluding hydrogens is 443 g/mol. The van der Waals surface area contributed by atoms with Crippen molar-refractivity contribution in [3.05, 3.63) is 39.9 Å². The first-order valence-electron chi connectivity index (χ1n) is 11.6. The molecule has 1 saturated heterocycles. The number of esters is 1. The van der Waals surface area contributed by atoms with Gasteiger partial charge in [-0.25, -0.2) is 9.18 Å². The van der Waals surface area contributed by atoms with E-state index in [0.29, 0.717) is 28.8 Å². The summed E-state index contributed by atoms with van der Waals surface area (Å²) in [7, 11) is 5.51. The first kappa shape index (κ1) is 24.2. The van der Waals surface area contributed by atoms with E-state index in [9.17, 15) is 19.5 Å². The molecule has 0 radical (unpaired) electrons. The Morgan fingerprint density at radius 2 is 1.91 bits per heavy atom. The number of hydrogen-bond acceptors (Lipinski definition) is 7. The highest BCUT2D eigenvalue weighted by molar-refractivity contribution is 5.95. The van der Waals surface area contributed by atoms with E-state index in [0.717, 1.165) is 25.9 Å². The number of nitrogens with one attached hydrogen (secondary N) is 1. The van der Waals surface area contributed by atoms with Crippen LogP contribution >= 0.6 is 0 Å². The van der Waals surface area contributed by atoms with Gasteiger partial charge in [0, 0.05) is 56.2 Å². The Kier molecular flexibility index (Phi) is 6.64. The number of aliphatic carboxylic acids is 1. The van der Waals surface area contributed by atoms with Crippen molar-refractivity contribution in [1.82, 2.24) is 9.88 Å². The lowest BCUT2D eigenvalue weighted by Gasteiger charge is -2.30. The Morgan fingerprint density at radius 3 is 2.50 bits per heavy atom. The van der Waals surface area contributed by atoms with Crippen LogP contribution in [0.3, 0.4) is 0 Å². The number of carboxylic acid groups (broad SMARTS) is 1. The van der Waals surface area contributed by atoms with Crippen molar-refractivity contribution in [3.8, 4) is 0 Å². The number of piperazine rings is 1. The Balaban J connectivity index is 1.73. The first-order valence-corrected chi connectivity index (χ1v) is 11.6. The number of carbonyl (C=O) groups is 2. The number of carbonyl (C=O) groups excluding carboxylic acids is 2. The molecule has 184 valence electrons. The number of carboxylic acids is 1. The third-order valence-corrected chi connectivity index (χ3v) is 6.14. The third-order valence-electron chi connectivity index (χ3n) is 6.14. The van der Waals surface area contributed by atoms with Crippen molar-refractivity contribution in [1.29, 1.82) is 0 Å². The Morgan fingerprint density at radius 1 is 1.24 bits per heavy atom. The Labute approximate surface area is 197 Å². The number of anilines is 1. The van der Waals surface area contributed by atoms with Gasteiger partial charge in [-0.2, -0.15) is 0 Å². The van der Waals surface area contributed by atoms with Crippen LogP contribution in [0.1, 0.15) is 35.7 Å². The summed E-state index contributed by atoms with van der Waals surface area (Å²) in [6.07, 6.45) is 1.82. The van der Waals surface area contributed by atoms with E-state index >= 15 is 4.39 Å². The largest absolute Gasteiger partial charge is 0.550 e. The molecule has 4 rings (SSSR count). The molecular formula is C24H31FN4O5. The molecule has 1 aliphatic heterocycles. The predicted molar refractivity (Wildman–Crippen MR) is 123 cm³/mol. The maximum atomic E-state index is 15.1. The number of likely N-dealkylation sites (N-methyl/N-ethyl adjacent to an activating group) is 1. The van der Waals surface area contributed by atoms with Gasteiger partial charge in [-0.05, 0) is 25.0 Å². The minimum atomic E-state index is -1.34. The average molecular weight is 475 g/mol. The molecule has 0 bridgehead atoms. The van der Waals surface area contributed by atoms with Gasteiger partial charge in [0.05, 0.1) is 32.3 Å². The molecule has 1 aromatic carbocycles. The molecule has 2 aliphatic rings. The van der Waals surface area contributed by atoms with Gasteiger partial charge < -0.3 is 33.9 Å². The molecule has 1 unspecified atom stereocenters. The predicted octanol–water partition coefficient (Wildman–Crippen LogP) is 0.257. The van der Waals surface area contributed by atoms with Gasteiger partial charge >= 0.3 is 5.97 Å². The average Bonchev–Trinajstić information content (AvgIpc) is 3.58. The zero-order valence-corrected chi connectivity index (χ0v) is 19.8. The number of rotatable bonds is 8. The molecule has 1 aromatic heterocycles. The molecule has 1 aliphatic carbocycles. The van der Waals surface area contributed by atoms with Gasteiger partial charge in [0.1, 0.15) is 17.9 Å². The van der Waals surface area contributed by atoms with E-state index < -0.39 is 35.7 Å². The van der Waals surface area contributed by atoms with E-state index in [2.05, 4.69) is 5.32 Å². The molecule has 9 nitrogen and oxygen atoms in total. The highest BCUT2D eigenvalue weighted by atomic mass is 19.1. The molecule has 2 fully saturated rings. The van der Waals surface area contributed by atoms with Crippen LogP contribution in [-0.4, -0.2) is 81.0 Å². The molecule has 1 saturated carbocycles. The number of benzene rings is 1. The fraction of sp³-hybridized carbons (Fsp3) is 0.542. The number of ether oxygens (including phenoxy) is 1. The summed E-state index contributed by atoms with van der Waals surface area (Å²) in [4.78, 5) is 39.4. The number of aromatic nitrogens is 1. The van der Waals surface area contributed by atoms with E-state index in [1.165, 1.54) is 12.3 Å². The lowest BCUT2D eigenvalue weighted by atomic mass is 10.1. The molecule has 10 heteroatoms. The van der Waals surface area contributed by atoms with Crippen LogP contribution in [0, 0.1) is 5.82 Å². The van der Waals surface area contributed by atoms with Crippen LogP contribution in [0.5, 0.6) is 0 Å². The van der Waals surface area contributed by atoms with Crippen LogP contribution in [-0.2, 0) is 9.53 Å². The smallest absolute Gasteiger partial charge is 0.344 e. The molecule has 2 aromatic rings. The van der Waals surface area contributed by atoms with E-state index in [-0.39, 0.29) is 23.5 Å². The number of pyridine rings is 1.